The second-order valence-corrected chi connectivity index (χ2v) is 5.50. The van der Waals surface area contributed by atoms with E-state index in [2.05, 4.69) is 4.98 Å². The monoisotopic (exact) mass is 340 g/mol. The highest BCUT2D eigenvalue weighted by Crippen LogP contribution is 2.33. The lowest BCUT2D eigenvalue weighted by Crippen LogP contribution is -2.01. The smallest absolute Gasteiger partial charge is 0.129 e. The van der Waals surface area contributed by atoms with Crippen LogP contribution in [-0.2, 0) is 5.88 Å². The van der Waals surface area contributed by atoms with Crippen LogP contribution in [0.25, 0.3) is 16.7 Å². The summed E-state index contributed by atoms with van der Waals surface area (Å²) in [5, 5.41) is 1.09. The summed E-state index contributed by atoms with van der Waals surface area (Å²) in [6, 6.07) is 11.0. The van der Waals surface area contributed by atoms with Crippen molar-refractivity contribution in [3.63, 3.8) is 0 Å². The molecule has 1 aromatic heterocycles. The zero-order valence-corrected chi connectivity index (χ0v) is 13.4. The number of aromatic nitrogens is 2. The van der Waals surface area contributed by atoms with Gasteiger partial charge in [0.05, 0.1) is 39.8 Å². The fourth-order valence-corrected chi connectivity index (χ4v) is 3.02. The molecule has 3 nitrogen and oxygen atoms in total. The highest BCUT2D eigenvalue weighted by atomic mass is 35.5. The predicted molar refractivity (Wildman–Crippen MR) is 87.2 cm³/mol. The molecule has 0 saturated heterocycles. The van der Waals surface area contributed by atoms with Crippen LogP contribution in [0.4, 0.5) is 0 Å². The van der Waals surface area contributed by atoms with Gasteiger partial charge < -0.3 is 4.74 Å². The number of rotatable bonds is 3. The molecule has 0 fully saturated rings. The van der Waals surface area contributed by atoms with Crippen LogP contribution in [0, 0.1) is 0 Å². The Morgan fingerprint density at radius 3 is 2.48 bits per heavy atom. The summed E-state index contributed by atoms with van der Waals surface area (Å²) >= 11 is 18.6. The normalized spacial score (nSPS) is 11.0. The molecule has 0 amide bonds. The first-order valence-electron chi connectivity index (χ1n) is 6.21. The van der Waals surface area contributed by atoms with E-state index < -0.39 is 0 Å². The van der Waals surface area contributed by atoms with Crippen molar-refractivity contribution in [2.45, 2.75) is 5.88 Å². The van der Waals surface area contributed by atoms with Gasteiger partial charge in [0.25, 0.3) is 0 Å². The van der Waals surface area contributed by atoms with Crippen molar-refractivity contribution in [1.29, 1.82) is 0 Å². The molecule has 0 aliphatic rings. The zero-order valence-electron chi connectivity index (χ0n) is 11.1. The number of alkyl halides is 1. The zero-order chi connectivity index (χ0) is 15.0. The maximum Gasteiger partial charge on any atom is 0.129 e. The average molecular weight is 342 g/mol. The molecule has 6 heteroatoms. The van der Waals surface area contributed by atoms with Gasteiger partial charge in [-0.3, -0.25) is 4.57 Å². The highest BCUT2D eigenvalue weighted by molar-refractivity contribution is 6.37. The van der Waals surface area contributed by atoms with Crippen molar-refractivity contribution in [2.75, 3.05) is 7.11 Å². The SMILES string of the molecule is COc1ccc2c(c1)nc(CCl)n2-c1c(Cl)cccc1Cl. The van der Waals surface area contributed by atoms with Gasteiger partial charge in [0.1, 0.15) is 11.6 Å². The Morgan fingerprint density at radius 1 is 1.14 bits per heavy atom. The molecule has 0 atom stereocenters. The molecule has 0 N–H and O–H groups in total. The van der Waals surface area contributed by atoms with Gasteiger partial charge in [0.15, 0.2) is 0 Å². The van der Waals surface area contributed by atoms with Gasteiger partial charge in [-0.1, -0.05) is 29.3 Å². The van der Waals surface area contributed by atoms with Crippen molar-refractivity contribution >= 4 is 45.8 Å². The van der Waals surface area contributed by atoms with E-state index >= 15 is 0 Å². The van der Waals surface area contributed by atoms with Crippen molar-refractivity contribution in [3.05, 3.63) is 52.3 Å². The molecule has 0 radical (unpaired) electrons. The maximum absolute atomic E-state index is 6.31. The lowest BCUT2D eigenvalue weighted by molar-refractivity contribution is 0.415. The van der Waals surface area contributed by atoms with Crippen molar-refractivity contribution < 1.29 is 4.74 Å². The summed E-state index contributed by atoms with van der Waals surface area (Å²) in [6.07, 6.45) is 0. The summed E-state index contributed by atoms with van der Waals surface area (Å²) in [4.78, 5) is 4.53. The first-order valence-corrected chi connectivity index (χ1v) is 7.50. The molecule has 0 aliphatic heterocycles. The fraction of sp³-hybridized carbons (Fsp3) is 0.133. The van der Waals surface area contributed by atoms with Crippen LogP contribution in [0.3, 0.4) is 0 Å². The number of methoxy groups -OCH3 is 1. The minimum atomic E-state index is 0.249. The first kappa shape index (κ1) is 14.5. The van der Waals surface area contributed by atoms with Gasteiger partial charge in [-0.15, -0.1) is 11.6 Å². The van der Waals surface area contributed by atoms with Gasteiger partial charge >= 0.3 is 0 Å². The Morgan fingerprint density at radius 2 is 1.86 bits per heavy atom. The fourth-order valence-electron chi connectivity index (χ4n) is 2.28. The summed E-state index contributed by atoms with van der Waals surface area (Å²) in [6.45, 7) is 0. The second kappa shape index (κ2) is 5.76. The largest absolute Gasteiger partial charge is 0.497 e. The number of nitrogens with zero attached hydrogens (tertiary/aromatic N) is 2. The van der Waals surface area contributed by atoms with E-state index in [9.17, 15) is 0 Å². The molecule has 2 aromatic carbocycles. The van der Waals surface area contributed by atoms with Crippen LogP contribution in [0.15, 0.2) is 36.4 Å². The molecule has 0 bridgehead atoms. The van der Waals surface area contributed by atoms with Gasteiger partial charge in [-0.25, -0.2) is 4.98 Å². The van der Waals surface area contributed by atoms with E-state index in [-0.39, 0.29) is 5.88 Å². The van der Waals surface area contributed by atoms with Crippen molar-refractivity contribution in [3.8, 4) is 11.4 Å². The molecule has 0 saturated carbocycles. The molecule has 21 heavy (non-hydrogen) atoms. The number of imidazole rings is 1. The lowest BCUT2D eigenvalue weighted by atomic mass is 10.2. The average Bonchev–Trinajstić information content (AvgIpc) is 2.84. The lowest BCUT2D eigenvalue weighted by Gasteiger charge is -2.12. The minimum absolute atomic E-state index is 0.249. The van der Waals surface area contributed by atoms with Gasteiger partial charge in [0.2, 0.25) is 0 Å². The summed E-state index contributed by atoms with van der Waals surface area (Å²) in [7, 11) is 1.62. The predicted octanol–water partition coefficient (Wildman–Crippen LogP) is 5.08. The van der Waals surface area contributed by atoms with Crippen LogP contribution in [0.2, 0.25) is 10.0 Å². The number of benzene rings is 2. The molecule has 0 aliphatic carbocycles. The minimum Gasteiger partial charge on any atom is -0.497 e. The molecular formula is C15H11Cl3N2O. The Balaban J connectivity index is 2.36. The van der Waals surface area contributed by atoms with Crippen molar-refractivity contribution in [1.82, 2.24) is 9.55 Å². The van der Waals surface area contributed by atoms with Crippen LogP contribution in [0.5, 0.6) is 5.75 Å². The molecular weight excluding hydrogens is 331 g/mol. The molecule has 3 aromatic rings. The summed E-state index contributed by atoms with van der Waals surface area (Å²) in [5.41, 5.74) is 2.34. The topological polar surface area (TPSA) is 27.1 Å². The Labute approximate surface area is 137 Å². The number of halogens is 3. The number of hydrogen-bond acceptors (Lipinski definition) is 2. The van der Waals surface area contributed by atoms with Crippen LogP contribution in [-0.4, -0.2) is 16.7 Å². The third-order valence-electron chi connectivity index (χ3n) is 3.21. The molecule has 1 heterocycles. The Hall–Kier alpha value is -1.42. The number of hydrogen-bond donors (Lipinski definition) is 0. The number of ether oxygens (including phenoxy) is 1. The number of fused-ring (bicyclic) bond motifs is 1. The van der Waals surface area contributed by atoms with Crippen molar-refractivity contribution in [2.24, 2.45) is 0 Å². The first-order chi connectivity index (χ1) is 10.2. The van der Waals surface area contributed by atoms with Crippen LogP contribution >= 0.6 is 34.8 Å². The van der Waals surface area contributed by atoms with E-state index in [0.29, 0.717) is 21.6 Å². The van der Waals surface area contributed by atoms with E-state index in [4.69, 9.17) is 39.5 Å². The van der Waals surface area contributed by atoms with Gasteiger partial charge in [-0.05, 0) is 24.3 Å². The Bertz CT molecular complexity index is 794. The summed E-state index contributed by atoms with van der Waals surface area (Å²) < 4.78 is 7.11. The molecule has 0 spiro atoms. The van der Waals surface area contributed by atoms with E-state index in [1.165, 1.54) is 0 Å². The van der Waals surface area contributed by atoms with Gasteiger partial charge in [-0.2, -0.15) is 0 Å². The second-order valence-electron chi connectivity index (χ2n) is 4.42. The van der Waals surface area contributed by atoms with E-state index in [1.807, 2.05) is 22.8 Å². The van der Waals surface area contributed by atoms with E-state index in [0.717, 1.165) is 16.8 Å². The highest BCUT2D eigenvalue weighted by Gasteiger charge is 2.17. The molecule has 108 valence electrons. The van der Waals surface area contributed by atoms with E-state index in [1.54, 1.807) is 25.3 Å². The third kappa shape index (κ3) is 2.46. The Kier molecular flexibility index (Phi) is 3.98. The van der Waals surface area contributed by atoms with Crippen LogP contribution in [0.1, 0.15) is 5.82 Å². The van der Waals surface area contributed by atoms with Gasteiger partial charge in [0, 0.05) is 6.07 Å². The maximum atomic E-state index is 6.31. The quantitative estimate of drug-likeness (QED) is 0.621. The summed E-state index contributed by atoms with van der Waals surface area (Å²) in [5.74, 6) is 1.66. The molecule has 3 rings (SSSR count). The van der Waals surface area contributed by atoms with Crippen LogP contribution < -0.4 is 4.74 Å². The number of para-hydroxylation sites is 1. The third-order valence-corrected chi connectivity index (χ3v) is 4.06. The standard InChI is InChI=1S/C15H11Cl3N2O/c1-21-9-5-6-13-12(7-9)19-14(8-16)20(13)15-10(17)3-2-4-11(15)18/h2-7H,8H2,1H3. The molecule has 0 unspecified atom stereocenters.